The molecule has 2 rings (SSSR count). The molecule has 0 amide bonds. The van der Waals surface area contributed by atoms with Crippen LogP contribution in [-0.4, -0.2) is 0 Å². The van der Waals surface area contributed by atoms with Crippen LogP contribution in [0.5, 0.6) is 0 Å². The van der Waals surface area contributed by atoms with E-state index in [9.17, 15) is 0 Å². The minimum Gasteiger partial charge on any atom is -0.102 e. The van der Waals surface area contributed by atoms with Crippen LogP contribution in [0.2, 0.25) is 0 Å². The van der Waals surface area contributed by atoms with Gasteiger partial charge >= 0.3 is 0 Å². The molecule has 140 valence electrons. The maximum absolute atomic E-state index is 3.83. The quantitative estimate of drug-likeness (QED) is 0.319. The van der Waals surface area contributed by atoms with Crippen molar-refractivity contribution in [1.29, 1.82) is 0 Å². The molecule has 0 nitrogen and oxygen atoms in total. The summed E-state index contributed by atoms with van der Waals surface area (Å²) < 4.78 is 0. The molecule has 2 unspecified atom stereocenters. The van der Waals surface area contributed by atoms with Crippen molar-refractivity contribution in [3.05, 3.63) is 72.9 Å². The van der Waals surface area contributed by atoms with Gasteiger partial charge in [0.2, 0.25) is 0 Å². The van der Waals surface area contributed by atoms with Crippen LogP contribution in [0.4, 0.5) is 0 Å². The van der Waals surface area contributed by atoms with Gasteiger partial charge in [-0.15, -0.1) is 13.2 Å². The van der Waals surface area contributed by atoms with Gasteiger partial charge < -0.3 is 0 Å². The molecule has 0 spiro atoms. The van der Waals surface area contributed by atoms with E-state index >= 15 is 0 Å². The Morgan fingerprint density at radius 3 is 1.40 bits per heavy atom. The number of allylic oxidation sites excluding steroid dienone is 10. The van der Waals surface area contributed by atoms with E-state index in [0.717, 1.165) is 0 Å². The first kappa shape index (κ1) is 24.1. The van der Waals surface area contributed by atoms with Crippen LogP contribution in [-0.2, 0) is 19.5 Å². The molecule has 2 aliphatic rings. The maximum atomic E-state index is 3.83. The van der Waals surface area contributed by atoms with Crippen LogP contribution >= 0.6 is 0 Å². The molecule has 0 aromatic carbocycles. The van der Waals surface area contributed by atoms with Crippen LogP contribution < -0.4 is 0 Å². The van der Waals surface area contributed by atoms with Crippen molar-refractivity contribution in [1.82, 2.24) is 0 Å². The first-order valence-corrected chi connectivity index (χ1v) is 9.62. The van der Waals surface area contributed by atoms with E-state index in [1.807, 2.05) is 12.2 Å². The van der Waals surface area contributed by atoms with Gasteiger partial charge in [-0.1, -0.05) is 73.6 Å². The van der Waals surface area contributed by atoms with Crippen molar-refractivity contribution in [2.24, 2.45) is 11.8 Å². The van der Waals surface area contributed by atoms with E-state index in [-0.39, 0.29) is 19.5 Å². The Labute approximate surface area is 169 Å². The maximum Gasteiger partial charge on any atom is 0 e. The van der Waals surface area contributed by atoms with Crippen LogP contribution in [0.25, 0.3) is 0 Å². The van der Waals surface area contributed by atoms with Crippen LogP contribution in [0, 0.1) is 11.8 Å². The van der Waals surface area contributed by atoms with Crippen molar-refractivity contribution >= 4 is 0 Å². The van der Waals surface area contributed by atoms with E-state index in [2.05, 4.69) is 63.5 Å². The van der Waals surface area contributed by atoms with Crippen molar-refractivity contribution in [2.45, 2.75) is 65.2 Å². The molecule has 0 aliphatic heterocycles. The fraction of sp³-hybridized carbons (Fsp3) is 0.500. The third-order valence-electron chi connectivity index (χ3n) is 4.89. The summed E-state index contributed by atoms with van der Waals surface area (Å²) in [7, 11) is 0. The first-order chi connectivity index (χ1) is 11.7. The zero-order valence-electron chi connectivity index (χ0n) is 16.2. The number of hydrogen-bond donors (Lipinski definition) is 0. The van der Waals surface area contributed by atoms with Gasteiger partial charge in [0.15, 0.2) is 0 Å². The van der Waals surface area contributed by atoms with Gasteiger partial charge in [-0.3, -0.25) is 0 Å². The predicted molar refractivity (Wildman–Crippen MR) is 110 cm³/mol. The second-order valence-corrected chi connectivity index (χ2v) is 6.78. The van der Waals surface area contributed by atoms with Crippen LogP contribution in [0.3, 0.4) is 0 Å². The second kappa shape index (κ2) is 15.3. The smallest absolute Gasteiger partial charge is 0 e. The summed E-state index contributed by atoms with van der Waals surface area (Å²) in [5.74, 6) is 1.13. The molecule has 0 aromatic rings. The number of hydrogen-bond acceptors (Lipinski definition) is 0. The van der Waals surface area contributed by atoms with Crippen LogP contribution in [0.1, 0.15) is 65.2 Å². The van der Waals surface area contributed by atoms with Gasteiger partial charge in [0.05, 0.1) is 0 Å². The van der Waals surface area contributed by atoms with E-state index in [1.54, 1.807) is 11.1 Å². The minimum atomic E-state index is 0. The molecule has 0 saturated carbocycles. The summed E-state index contributed by atoms with van der Waals surface area (Å²) in [6, 6.07) is 0. The van der Waals surface area contributed by atoms with Gasteiger partial charge in [0, 0.05) is 19.5 Å². The Balaban J connectivity index is 0.000000443. The standard InChI is InChI=1S/2C12H18.Ru/c2*1-3-11(2)12-9-7-5-4-6-8-10-12;/h2*3-5,10-11H,1,6-9H2,2H3;/b2*5-4-,12-10+;. The summed E-state index contributed by atoms with van der Waals surface area (Å²) in [5.41, 5.74) is 3.13. The van der Waals surface area contributed by atoms with Gasteiger partial charge in [0.25, 0.3) is 0 Å². The molecule has 0 N–H and O–H groups in total. The monoisotopic (exact) mass is 426 g/mol. The molecule has 0 aromatic heterocycles. The molecule has 25 heavy (non-hydrogen) atoms. The summed E-state index contributed by atoms with van der Waals surface area (Å²) in [6.45, 7) is 12.1. The third kappa shape index (κ3) is 10.6. The largest absolute Gasteiger partial charge is 0.102 e. The Bertz CT molecular complexity index is 444. The summed E-state index contributed by atoms with van der Waals surface area (Å²) >= 11 is 0. The molecule has 0 bridgehead atoms. The van der Waals surface area contributed by atoms with Crippen molar-refractivity contribution in [3.8, 4) is 0 Å². The van der Waals surface area contributed by atoms with Gasteiger partial charge in [-0.05, 0) is 63.2 Å². The summed E-state index contributed by atoms with van der Waals surface area (Å²) in [6.07, 6.45) is 27.6. The minimum absolute atomic E-state index is 0. The van der Waals surface area contributed by atoms with Crippen LogP contribution in [0.15, 0.2) is 72.9 Å². The Morgan fingerprint density at radius 1 is 0.680 bits per heavy atom. The zero-order valence-corrected chi connectivity index (χ0v) is 17.9. The first-order valence-electron chi connectivity index (χ1n) is 9.62. The molecule has 0 heterocycles. The summed E-state index contributed by atoms with van der Waals surface area (Å²) in [4.78, 5) is 0. The van der Waals surface area contributed by atoms with E-state index < -0.39 is 0 Å². The molecule has 0 radical (unpaired) electrons. The Kier molecular flexibility index (Phi) is 14.8. The normalized spacial score (nSPS) is 26.5. The summed E-state index contributed by atoms with van der Waals surface area (Å²) in [5, 5.41) is 0. The molecule has 1 heteroatoms. The van der Waals surface area contributed by atoms with Crippen molar-refractivity contribution < 1.29 is 19.5 Å². The van der Waals surface area contributed by atoms with Crippen molar-refractivity contribution in [2.75, 3.05) is 0 Å². The molecule has 0 fully saturated rings. The second-order valence-electron chi connectivity index (χ2n) is 6.78. The molecular weight excluding hydrogens is 389 g/mol. The van der Waals surface area contributed by atoms with Gasteiger partial charge in [-0.2, -0.15) is 0 Å². The fourth-order valence-electron chi connectivity index (χ4n) is 3.04. The average molecular weight is 426 g/mol. The predicted octanol–water partition coefficient (Wildman–Crippen LogP) is 7.73. The average Bonchev–Trinajstić information content (AvgIpc) is 2.53. The molecular formula is C24H36Ru. The van der Waals surface area contributed by atoms with E-state index in [0.29, 0.717) is 11.8 Å². The Hall–Kier alpha value is -0.937. The number of rotatable bonds is 4. The molecule has 2 atom stereocenters. The molecule has 2 aliphatic carbocycles. The fourth-order valence-corrected chi connectivity index (χ4v) is 3.04. The van der Waals surface area contributed by atoms with E-state index in [4.69, 9.17) is 0 Å². The van der Waals surface area contributed by atoms with E-state index in [1.165, 1.54) is 51.4 Å². The topological polar surface area (TPSA) is 0 Å². The zero-order chi connectivity index (χ0) is 17.6. The van der Waals surface area contributed by atoms with Gasteiger partial charge in [0.1, 0.15) is 0 Å². The van der Waals surface area contributed by atoms with Crippen molar-refractivity contribution in [3.63, 3.8) is 0 Å². The SMILES string of the molecule is C=CC(C)/C1=C/CC/C=C\CC1.C=CC(C)/C1=C/CC/C=C\CC1.[Ru]. The third-order valence-corrected chi connectivity index (χ3v) is 4.89. The Morgan fingerprint density at radius 2 is 1.04 bits per heavy atom. The molecule has 0 saturated heterocycles. The van der Waals surface area contributed by atoms with Gasteiger partial charge in [-0.25, -0.2) is 0 Å².